The van der Waals surface area contributed by atoms with E-state index in [4.69, 9.17) is 20.9 Å². The second-order valence-corrected chi connectivity index (χ2v) is 6.41. The number of para-hydroxylation sites is 1. The van der Waals surface area contributed by atoms with Crippen LogP contribution in [0.1, 0.15) is 39.3 Å². The molecule has 2 rings (SSSR count). The van der Waals surface area contributed by atoms with E-state index in [0.717, 1.165) is 6.42 Å². The van der Waals surface area contributed by atoms with Gasteiger partial charge in [0.25, 0.3) is 0 Å². The summed E-state index contributed by atoms with van der Waals surface area (Å²) in [6, 6.07) is 8.45. The van der Waals surface area contributed by atoms with Crippen LogP contribution in [0.15, 0.2) is 41.8 Å². The lowest BCUT2D eigenvalue weighted by Gasteiger charge is -2.12. The molecule has 2 aromatic rings. The molecule has 1 atom stereocenters. The van der Waals surface area contributed by atoms with Crippen molar-refractivity contribution in [2.24, 2.45) is 11.5 Å². The van der Waals surface area contributed by atoms with Gasteiger partial charge >= 0.3 is 17.9 Å². The predicted molar refractivity (Wildman–Crippen MR) is 97.0 cm³/mol. The van der Waals surface area contributed by atoms with Gasteiger partial charge < -0.3 is 20.9 Å². The number of benzene rings is 1. The van der Waals surface area contributed by atoms with Crippen LogP contribution in [0.4, 0.5) is 0 Å². The van der Waals surface area contributed by atoms with Crippen molar-refractivity contribution in [2.75, 3.05) is 6.54 Å². The number of esters is 3. The van der Waals surface area contributed by atoms with E-state index in [1.165, 1.54) is 23.5 Å². The molecule has 0 aliphatic heterocycles. The highest BCUT2D eigenvalue weighted by Gasteiger charge is 2.23. The molecule has 7 nitrogen and oxygen atoms in total. The molecule has 0 saturated carbocycles. The monoisotopic (exact) mass is 376 g/mol. The average Bonchev–Trinajstić information content (AvgIpc) is 3.17. The Hall–Kier alpha value is -2.55. The van der Waals surface area contributed by atoms with E-state index in [1.54, 1.807) is 29.6 Å². The summed E-state index contributed by atoms with van der Waals surface area (Å²) < 4.78 is 10.1. The fourth-order valence-corrected chi connectivity index (χ4v) is 2.72. The molecule has 1 aromatic carbocycles. The summed E-state index contributed by atoms with van der Waals surface area (Å²) in [5, 5.41) is 1.74. The molecule has 0 spiro atoms. The summed E-state index contributed by atoms with van der Waals surface area (Å²) in [7, 11) is 0. The highest BCUT2D eigenvalue weighted by atomic mass is 32.1. The number of thiophene rings is 1. The van der Waals surface area contributed by atoms with Crippen LogP contribution in [0.2, 0.25) is 0 Å². The molecule has 1 aromatic heterocycles. The Labute approximate surface area is 154 Å². The smallest absolute Gasteiger partial charge is 0.353 e. The Morgan fingerprint density at radius 1 is 1.04 bits per heavy atom. The summed E-state index contributed by atoms with van der Waals surface area (Å²) in [6.07, 6.45) is 1.77. The zero-order chi connectivity index (χ0) is 18.9. The minimum atomic E-state index is -0.918. The molecule has 0 saturated heterocycles. The molecule has 138 valence electrons. The van der Waals surface area contributed by atoms with Crippen LogP contribution < -0.4 is 16.2 Å². The molecule has 0 aliphatic carbocycles. The van der Waals surface area contributed by atoms with Crippen molar-refractivity contribution < 1.29 is 23.9 Å². The minimum Gasteiger partial charge on any atom is -0.421 e. The summed E-state index contributed by atoms with van der Waals surface area (Å²) in [5.74, 6) is -2.32. The van der Waals surface area contributed by atoms with E-state index in [1.807, 2.05) is 0 Å². The van der Waals surface area contributed by atoms with E-state index in [0.29, 0.717) is 24.3 Å². The summed E-state index contributed by atoms with van der Waals surface area (Å²) in [4.78, 5) is 36.7. The zero-order valence-electron chi connectivity index (χ0n) is 14.1. The third-order valence-electron chi connectivity index (χ3n) is 3.50. The van der Waals surface area contributed by atoms with Crippen molar-refractivity contribution in [1.82, 2.24) is 0 Å². The van der Waals surface area contributed by atoms with Crippen LogP contribution in [0, 0.1) is 0 Å². The van der Waals surface area contributed by atoms with Crippen molar-refractivity contribution in [2.45, 2.75) is 25.3 Å². The van der Waals surface area contributed by atoms with Gasteiger partial charge in [0.2, 0.25) is 0 Å². The predicted octanol–water partition coefficient (Wildman–Crippen LogP) is 2.11. The van der Waals surface area contributed by atoms with E-state index < -0.39 is 23.9 Å². The van der Waals surface area contributed by atoms with Gasteiger partial charge in [-0.1, -0.05) is 24.6 Å². The standard InChI is InChI=1S/C18H20N2O5S/c19-10-4-3-7-13(20)17(22)25-16(21)12-6-1-2-8-14(12)24-18(23)15-9-5-11-26-15/h1-2,5-6,8-9,11,13H,3-4,7,10,19-20H2/t13-/m0/s1. The Balaban J connectivity index is 2.02. The van der Waals surface area contributed by atoms with Gasteiger partial charge in [-0.05, 0) is 43.0 Å². The lowest BCUT2D eigenvalue weighted by atomic mass is 10.1. The molecule has 0 bridgehead atoms. The number of unbranched alkanes of at least 4 members (excludes halogenated alkanes) is 1. The van der Waals surface area contributed by atoms with Crippen molar-refractivity contribution in [3.05, 3.63) is 52.2 Å². The normalized spacial score (nSPS) is 11.6. The summed E-state index contributed by atoms with van der Waals surface area (Å²) in [5.41, 5.74) is 11.1. The van der Waals surface area contributed by atoms with Crippen molar-refractivity contribution in [3.63, 3.8) is 0 Å². The van der Waals surface area contributed by atoms with Gasteiger partial charge in [0.1, 0.15) is 22.2 Å². The highest BCUT2D eigenvalue weighted by molar-refractivity contribution is 7.12. The molecule has 4 N–H and O–H groups in total. The van der Waals surface area contributed by atoms with Crippen molar-refractivity contribution in [3.8, 4) is 5.75 Å². The van der Waals surface area contributed by atoms with E-state index >= 15 is 0 Å². The van der Waals surface area contributed by atoms with Crippen molar-refractivity contribution in [1.29, 1.82) is 0 Å². The number of ether oxygens (including phenoxy) is 2. The Bertz CT molecular complexity index is 761. The molecule has 0 amide bonds. The highest BCUT2D eigenvalue weighted by Crippen LogP contribution is 2.22. The number of hydrogen-bond donors (Lipinski definition) is 2. The van der Waals surface area contributed by atoms with E-state index in [-0.39, 0.29) is 11.3 Å². The minimum absolute atomic E-state index is 0.0143. The van der Waals surface area contributed by atoms with Gasteiger partial charge in [-0.2, -0.15) is 0 Å². The van der Waals surface area contributed by atoms with Gasteiger partial charge in [0.15, 0.2) is 0 Å². The topological polar surface area (TPSA) is 122 Å². The number of carbonyl (C=O) groups is 3. The summed E-state index contributed by atoms with van der Waals surface area (Å²) in [6.45, 7) is 0.504. The molecule has 0 fully saturated rings. The van der Waals surface area contributed by atoms with Gasteiger partial charge in [-0.25, -0.2) is 14.4 Å². The first-order chi connectivity index (χ1) is 12.5. The number of nitrogens with two attached hydrogens (primary N) is 2. The van der Waals surface area contributed by atoms with Crippen LogP contribution in [0.25, 0.3) is 0 Å². The van der Waals surface area contributed by atoms with Crippen LogP contribution in [-0.4, -0.2) is 30.5 Å². The van der Waals surface area contributed by atoms with Crippen LogP contribution in [-0.2, 0) is 9.53 Å². The Morgan fingerprint density at radius 2 is 1.81 bits per heavy atom. The number of rotatable bonds is 8. The first-order valence-electron chi connectivity index (χ1n) is 8.09. The maximum Gasteiger partial charge on any atom is 0.353 e. The zero-order valence-corrected chi connectivity index (χ0v) is 14.9. The molecule has 26 heavy (non-hydrogen) atoms. The molecule has 8 heteroatoms. The quantitative estimate of drug-likeness (QED) is 0.313. The number of carbonyl (C=O) groups excluding carboxylic acids is 3. The lowest BCUT2D eigenvalue weighted by molar-refractivity contribution is -0.139. The van der Waals surface area contributed by atoms with Gasteiger partial charge in [0, 0.05) is 0 Å². The van der Waals surface area contributed by atoms with Gasteiger partial charge in [-0.15, -0.1) is 11.3 Å². The van der Waals surface area contributed by atoms with E-state index in [2.05, 4.69) is 0 Å². The Kier molecular flexibility index (Phi) is 7.46. The molecule has 0 unspecified atom stereocenters. The van der Waals surface area contributed by atoms with Gasteiger partial charge in [0.05, 0.1) is 0 Å². The summed E-state index contributed by atoms with van der Waals surface area (Å²) >= 11 is 1.22. The maximum absolute atomic E-state index is 12.3. The van der Waals surface area contributed by atoms with Crippen molar-refractivity contribution >= 4 is 29.2 Å². The van der Waals surface area contributed by atoms with E-state index in [9.17, 15) is 14.4 Å². The second kappa shape index (κ2) is 9.81. The maximum atomic E-state index is 12.3. The molecule has 0 radical (unpaired) electrons. The number of hydrogen-bond acceptors (Lipinski definition) is 8. The molecular formula is C18H20N2O5S. The first-order valence-corrected chi connectivity index (χ1v) is 8.97. The largest absolute Gasteiger partial charge is 0.421 e. The Morgan fingerprint density at radius 3 is 2.50 bits per heavy atom. The van der Waals surface area contributed by atoms with Gasteiger partial charge in [-0.3, -0.25) is 0 Å². The third-order valence-corrected chi connectivity index (χ3v) is 4.35. The SMILES string of the molecule is NCCCC[C@H](N)C(=O)OC(=O)c1ccccc1OC(=O)c1cccs1. The molecular weight excluding hydrogens is 356 g/mol. The van der Waals surface area contributed by atoms with Crippen LogP contribution >= 0.6 is 11.3 Å². The van der Waals surface area contributed by atoms with Crippen LogP contribution in [0.5, 0.6) is 5.75 Å². The molecule has 0 aliphatic rings. The van der Waals surface area contributed by atoms with Crippen LogP contribution in [0.3, 0.4) is 0 Å². The first kappa shape index (κ1) is 19.8. The fraction of sp³-hybridized carbons (Fsp3) is 0.278. The fourth-order valence-electron chi connectivity index (χ4n) is 2.12. The average molecular weight is 376 g/mol. The second-order valence-electron chi connectivity index (χ2n) is 5.46. The molecule has 1 heterocycles. The third kappa shape index (κ3) is 5.48. The lowest BCUT2D eigenvalue weighted by Crippen LogP contribution is -2.34.